The average Bonchev–Trinajstić information content (AvgIpc) is 3.09. The second-order valence-electron chi connectivity index (χ2n) is 7.58. The highest BCUT2D eigenvalue weighted by molar-refractivity contribution is 7.21. The molecule has 156 valence electrons. The Labute approximate surface area is 177 Å². The van der Waals surface area contributed by atoms with Crippen LogP contribution in [0.15, 0.2) is 18.5 Å². The number of nitrogens with zero attached hydrogens (tertiary/aromatic N) is 4. The predicted molar refractivity (Wildman–Crippen MR) is 116 cm³/mol. The van der Waals surface area contributed by atoms with Gasteiger partial charge in [-0.2, -0.15) is 0 Å². The summed E-state index contributed by atoms with van der Waals surface area (Å²) in [5.74, 6) is 1.55. The van der Waals surface area contributed by atoms with Crippen LogP contribution in [-0.2, 0) is 6.42 Å². The van der Waals surface area contributed by atoms with Gasteiger partial charge < -0.3 is 26.0 Å². The first kappa shape index (κ1) is 19.0. The predicted octanol–water partition coefficient (Wildman–Crippen LogP) is 1.12. The lowest BCUT2D eigenvalue weighted by Gasteiger charge is -2.30. The van der Waals surface area contributed by atoms with Crippen molar-refractivity contribution in [2.45, 2.75) is 19.4 Å². The molecule has 5 rings (SSSR count). The number of carbonyl (C=O) groups excluding carboxylic acids is 1. The van der Waals surface area contributed by atoms with Crippen molar-refractivity contribution in [2.75, 3.05) is 43.4 Å². The quantitative estimate of drug-likeness (QED) is 0.571. The topological polar surface area (TPSA) is 118 Å². The zero-order valence-corrected chi connectivity index (χ0v) is 17.5. The first-order valence-corrected chi connectivity index (χ1v) is 10.8. The van der Waals surface area contributed by atoms with E-state index in [-0.39, 0.29) is 11.9 Å². The summed E-state index contributed by atoms with van der Waals surface area (Å²) in [6, 6.07) is 1.85. The molecule has 0 aliphatic carbocycles. The molecule has 1 saturated heterocycles. The second kappa shape index (κ2) is 7.69. The van der Waals surface area contributed by atoms with E-state index < -0.39 is 0 Å². The number of carbonyl (C=O) groups is 1. The van der Waals surface area contributed by atoms with Crippen LogP contribution in [0.1, 0.15) is 20.9 Å². The lowest BCUT2D eigenvalue weighted by Crippen LogP contribution is -2.44. The van der Waals surface area contributed by atoms with E-state index >= 15 is 0 Å². The van der Waals surface area contributed by atoms with E-state index in [0.717, 1.165) is 49.0 Å². The number of aryl methyl sites for hydroxylation is 1. The number of anilines is 2. The Bertz CT molecular complexity index is 1110. The fraction of sp³-hybridized carbons (Fsp3) is 0.400. The van der Waals surface area contributed by atoms with Crippen LogP contribution in [0, 0.1) is 6.92 Å². The first-order chi connectivity index (χ1) is 14.6. The van der Waals surface area contributed by atoms with Crippen LogP contribution in [0.5, 0.6) is 5.75 Å². The third kappa shape index (κ3) is 3.52. The normalized spacial score (nSPS) is 18.7. The standard InChI is InChI=1S/C20H23N7O2S/c1-11-8-24-17-16(21)18(30-20(17)25-11)19(28)26-13-6-12-9-23-15(7-14(12)29-10-13)27-4-2-22-3-5-27/h7-9,13,22H,2-6,10,21H2,1H3,(H,26,28)/t13-/m1/s1. The molecule has 0 unspecified atom stereocenters. The maximum atomic E-state index is 12.8. The molecule has 5 heterocycles. The summed E-state index contributed by atoms with van der Waals surface area (Å²) in [6.07, 6.45) is 4.17. The smallest absolute Gasteiger partial charge is 0.263 e. The Kier molecular flexibility index (Phi) is 4.87. The molecule has 1 fully saturated rings. The van der Waals surface area contributed by atoms with Crippen LogP contribution in [0.4, 0.5) is 11.5 Å². The van der Waals surface area contributed by atoms with Gasteiger partial charge in [0.25, 0.3) is 5.91 Å². The number of nitrogen functional groups attached to an aromatic ring is 1. The highest BCUT2D eigenvalue weighted by Crippen LogP contribution is 2.32. The molecular formula is C20H23N7O2S. The third-order valence-electron chi connectivity index (χ3n) is 5.38. The van der Waals surface area contributed by atoms with E-state index in [4.69, 9.17) is 10.5 Å². The Morgan fingerprint density at radius 3 is 3.00 bits per heavy atom. The summed E-state index contributed by atoms with van der Waals surface area (Å²) >= 11 is 1.26. The van der Waals surface area contributed by atoms with Gasteiger partial charge in [0, 0.05) is 56.6 Å². The summed E-state index contributed by atoms with van der Waals surface area (Å²) in [5.41, 5.74) is 8.89. The molecule has 0 aromatic carbocycles. The molecule has 1 atom stereocenters. The van der Waals surface area contributed by atoms with E-state index in [2.05, 4.69) is 30.5 Å². The highest BCUT2D eigenvalue weighted by atomic mass is 32.1. The number of thiophene rings is 1. The van der Waals surface area contributed by atoms with Crippen molar-refractivity contribution in [1.82, 2.24) is 25.6 Å². The van der Waals surface area contributed by atoms with Gasteiger partial charge in [-0.05, 0) is 6.92 Å². The minimum atomic E-state index is -0.225. The van der Waals surface area contributed by atoms with Crippen LogP contribution >= 0.6 is 11.3 Å². The van der Waals surface area contributed by atoms with Gasteiger partial charge in [-0.25, -0.2) is 15.0 Å². The number of rotatable bonds is 3. The molecule has 1 amide bonds. The van der Waals surface area contributed by atoms with E-state index in [0.29, 0.717) is 33.9 Å². The highest BCUT2D eigenvalue weighted by Gasteiger charge is 2.26. The van der Waals surface area contributed by atoms with Gasteiger partial charge in [0.1, 0.15) is 33.4 Å². The molecule has 0 bridgehead atoms. The molecule has 10 heteroatoms. The number of amides is 1. The molecule has 2 aliphatic rings. The van der Waals surface area contributed by atoms with Crippen molar-refractivity contribution in [3.05, 3.63) is 34.6 Å². The first-order valence-electron chi connectivity index (χ1n) is 9.98. The maximum absolute atomic E-state index is 12.8. The summed E-state index contributed by atoms with van der Waals surface area (Å²) in [7, 11) is 0. The van der Waals surface area contributed by atoms with E-state index in [1.807, 2.05) is 19.2 Å². The van der Waals surface area contributed by atoms with Gasteiger partial charge in [-0.15, -0.1) is 11.3 Å². The number of hydrogen-bond acceptors (Lipinski definition) is 9. The molecule has 0 saturated carbocycles. The number of nitrogens with two attached hydrogens (primary N) is 1. The fourth-order valence-corrected chi connectivity index (χ4v) is 4.81. The van der Waals surface area contributed by atoms with Gasteiger partial charge in [-0.1, -0.05) is 0 Å². The van der Waals surface area contributed by atoms with Crippen molar-refractivity contribution < 1.29 is 9.53 Å². The summed E-state index contributed by atoms with van der Waals surface area (Å²) in [6.45, 7) is 6.05. The molecule has 30 heavy (non-hydrogen) atoms. The summed E-state index contributed by atoms with van der Waals surface area (Å²) in [5, 5.41) is 6.38. The van der Waals surface area contributed by atoms with Crippen molar-refractivity contribution in [3.63, 3.8) is 0 Å². The number of fused-ring (bicyclic) bond motifs is 2. The van der Waals surface area contributed by atoms with Crippen LogP contribution in [0.2, 0.25) is 0 Å². The summed E-state index contributed by atoms with van der Waals surface area (Å²) in [4.78, 5) is 29.5. The van der Waals surface area contributed by atoms with E-state index in [1.54, 1.807) is 6.20 Å². The molecule has 0 radical (unpaired) electrons. The van der Waals surface area contributed by atoms with Crippen molar-refractivity contribution >= 4 is 39.1 Å². The van der Waals surface area contributed by atoms with Gasteiger partial charge in [0.2, 0.25) is 0 Å². The van der Waals surface area contributed by atoms with E-state index in [1.165, 1.54) is 11.3 Å². The Balaban J connectivity index is 1.29. The molecule has 9 nitrogen and oxygen atoms in total. The van der Waals surface area contributed by atoms with Crippen molar-refractivity contribution in [2.24, 2.45) is 0 Å². The van der Waals surface area contributed by atoms with Gasteiger partial charge in [0.15, 0.2) is 0 Å². The number of aromatic nitrogens is 3. The van der Waals surface area contributed by atoms with E-state index in [9.17, 15) is 4.79 Å². The lowest BCUT2D eigenvalue weighted by atomic mass is 10.0. The minimum absolute atomic E-state index is 0.149. The SMILES string of the molecule is Cc1cnc2c(N)c(C(=O)N[C@H]3COc4cc(N5CCNCC5)ncc4C3)sc2n1. The van der Waals surface area contributed by atoms with Gasteiger partial charge in [-0.3, -0.25) is 4.79 Å². The van der Waals surface area contributed by atoms with Gasteiger partial charge >= 0.3 is 0 Å². The molecule has 3 aromatic rings. The Hall–Kier alpha value is -2.98. The average molecular weight is 426 g/mol. The van der Waals surface area contributed by atoms with Crippen LogP contribution in [0.3, 0.4) is 0 Å². The molecule has 3 aromatic heterocycles. The number of ether oxygens (including phenoxy) is 1. The molecule has 2 aliphatic heterocycles. The number of piperazine rings is 1. The zero-order valence-electron chi connectivity index (χ0n) is 16.6. The molecule has 0 spiro atoms. The fourth-order valence-electron chi connectivity index (χ4n) is 3.81. The Morgan fingerprint density at radius 2 is 2.17 bits per heavy atom. The molecule has 4 N–H and O–H groups in total. The lowest BCUT2D eigenvalue weighted by molar-refractivity contribution is 0.0920. The number of nitrogens with one attached hydrogen (secondary N) is 2. The minimum Gasteiger partial charge on any atom is -0.491 e. The largest absolute Gasteiger partial charge is 0.491 e. The van der Waals surface area contributed by atoms with Crippen molar-refractivity contribution in [1.29, 1.82) is 0 Å². The monoisotopic (exact) mass is 425 g/mol. The van der Waals surface area contributed by atoms with Crippen LogP contribution in [-0.4, -0.2) is 59.7 Å². The van der Waals surface area contributed by atoms with Crippen molar-refractivity contribution in [3.8, 4) is 5.75 Å². The zero-order chi connectivity index (χ0) is 20.7. The Morgan fingerprint density at radius 1 is 1.33 bits per heavy atom. The number of hydrogen-bond donors (Lipinski definition) is 3. The summed E-state index contributed by atoms with van der Waals surface area (Å²) < 4.78 is 5.96. The second-order valence-corrected chi connectivity index (χ2v) is 8.58. The van der Waals surface area contributed by atoms with Crippen LogP contribution in [0.25, 0.3) is 10.3 Å². The van der Waals surface area contributed by atoms with Crippen LogP contribution < -0.4 is 26.0 Å². The van der Waals surface area contributed by atoms with Gasteiger partial charge in [0.05, 0.1) is 17.4 Å². The third-order valence-corrected chi connectivity index (χ3v) is 6.46. The maximum Gasteiger partial charge on any atom is 0.263 e. The number of pyridine rings is 1. The molecular weight excluding hydrogens is 402 g/mol.